The Morgan fingerprint density at radius 1 is 1.18 bits per heavy atom. The van der Waals surface area contributed by atoms with Gasteiger partial charge in [0.1, 0.15) is 11.2 Å². The van der Waals surface area contributed by atoms with Crippen molar-refractivity contribution < 1.29 is 18.7 Å². The second kappa shape index (κ2) is 9.75. The molecule has 1 spiro atoms. The normalized spacial score (nSPS) is 24.0. The minimum absolute atomic E-state index is 0.187. The molecule has 4 atom stereocenters. The summed E-state index contributed by atoms with van der Waals surface area (Å²) >= 11 is 0. The molecule has 0 radical (unpaired) electrons. The average Bonchev–Trinajstić information content (AvgIpc) is 3.35. The number of pyridine rings is 1. The van der Waals surface area contributed by atoms with Gasteiger partial charge in [0.2, 0.25) is 11.8 Å². The van der Waals surface area contributed by atoms with E-state index in [1.54, 1.807) is 37.4 Å². The summed E-state index contributed by atoms with van der Waals surface area (Å²) in [6, 6.07) is 11.3. The van der Waals surface area contributed by atoms with Gasteiger partial charge in [-0.2, -0.15) is 0 Å². The van der Waals surface area contributed by atoms with Gasteiger partial charge in [-0.15, -0.1) is 0 Å². The molecule has 1 fully saturated rings. The van der Waals surface area contributed by atoms with Gasteiger partial charge in [0, 0.05) is 23.8 Å². The largest absolute Gasteiger partial charge is 0.493 e. The number of aromatic nitrogens is 1. The van der Waals surface area contributed by atoms with Crippen LogP contribution in [0.25, 0.3) is 0 Å². The van der Waals surface area contributed by atoms with Crippen LogP contribution in [-0.2, 0) is 15.0 Å². The first-order chi connectivity index (χ1) is 18.5. The van der Waals surface area contributed by atoms with Crippen LogP contribution in [0.15, 0.2) is 54.9 Å². The Labute approximate surface area is 228 Å². The summed E-state index contributed by atoms with van der Waals surface area (Å²) in [4.78, 5) is 32.4. The van der Waals surface area contributed by atoms with Crippen molar-refractivity contribution in [2.45, 2.75) is 64.5 Å². The number of ether oxygens (including phenoxy) is 1. The lowest BCUT2D eigenvalue weighted by Crippen LogP contribution is -2.49. The number of nitrogens with zero attached hydrogens (tertiary/aromatic N) is 1. The fourth-order valence-electron chi connectivity index (χ4n) is 6.30. The quantitative estimate of drug-likeness (QED) is 0.420. The number of anilines is 2. The van der Waals surface area contributed by atoms with Gasteiger partial charge in [-0.05, 0) is 60.1 Å². The molecule has 0 aliphatic carbocycles. The number of methoxy groups -OCH3 is 1. The molecule has 1 aromatic heterocycles. The Bertz CT molecular complexity index is 1450. The van der Waals surface area contributed by atoms with Gasteiger partial charge in [-0.3, -0.25) is 14.6 Å². The zero-order valence-electron chi connectivity index (χ0n) is 23.2. The number of amides is 2. The lowest BCUT2D eigenvalue weighted by atomic mass is 9.62. The van der Waals surface area contributed by atoms with Crippen LogP contribution >= 0.6 is 0 Å². The molecule has 2 amide bonds. The number of nitrogens with one attached hydrogen (secondary N) is 3. The van der Waals surface area contributed by atoms with E-state index in [1.807, 2.05) is 25.1 Å². The number of hydrogen-bond acceptors (Lipinski definition) is 5. The highest BCUT2D eigenvalue weighted by molar-refractivity contribution is 6.10. The van der Waals surface area contributed by atoms with E-state index in [-0.39, 0.29) is 17.2 Å². The molecule has 0 saturated carbocycles. The lowest BCUT2D eigenvalue weighted by Gasteiger charge is -2.37. The number of carbonyl (C=O) groups is 2. The maximum absolute atomic E-state index is 16.0. The molecular formula is C31H35FN4O3. The van der Waals surface area contributed by atoms with Gasteiger partial charge in [0.25, 0.3) is 0 Å². The fourth-order valence-corrected chi connectivity index (χ4v) is 6.30. The molecular weight excluding hydrogens is 495 g/mol. The summed E-state index contributed by atoms with van der Waals surface area (Å²) in [5, 5.41) is 9.56. The van der Waals surface area contributed by atoms with Crippen LogP contribution in [-0.4, -0.2) is 36.0 Å². The highest BCUT2D eigenvalue weighted by Crippen LogP contribution is 2.57. The topological polar surface area (TPSA) is 92.3 Å². The van der Waals surface area contributed by atoms with E-state index < -0.39 is 29.2 Å². The van der Waals surface area contributed by atoms with Crippen molar-refractivity contribution in [2.75, 3.05) is 17.7 Å². The smallest absolute Gasteiger partial charge is 0.242 e. The van der Waals surface area contributed by atoms with Crippen LogP contribution in [0.1, 0.15) is 55.4 Å². The minimum Gasteiger partial charge on any atom is -0.493 e. The van der Waals surface area contributed by atoms with E-state index in [0.29, 0.717) is 34.7 Å². The third-order valence-electron chi connectivity index (χ3n) is 7.92. The van der Waals surface area contributed by atoms with Crippen LogP contribution in [0.2, 0.25) is 0 Å². The van der Waals surface area contributed by atoms with Crippen molar-refractivity contribution in [1.29, 1.82) is 0 Å². The van der Waals surface area contributed by atoms with Gasteiger partial charge in [0.05, 0.1) is 25.0 Å². The number of hydrogen-bond donors (Lipinski definition) is 3. The Hall–Kier alpha value is -3.78. The molecule has 1 saturated heterocycles. The third kappa shape index (κ3) is 4.46. The standard InChI is InChI=1S/C31H35FN4O3/c1-17-10-11-20-22(14-17)35-29(38)31(20)24(15-30(3,4)5)36-27(25(31)19-9-7-8-18(2)26(19)32)28(37)34-21-12-13-33-16-23(21)39-6/h7-14,16,24-25,27,36H,15H2,1-6H3,(H,35,38)(H,33,34,37)/t24?,25?,27-,31-/m1/s1. The van der Waals surface area contributed by atoms with Gasteiger partial charge in [0.15, 0.2) is 5.75 Å². The number of benzene rings is 2. The molecule has 2 aromatic carbocycles. The number of aryl methyl sites for hydroxylation is 2. The number of rotatable bonds is 5. The lowest BCUT2D eigenvalue weighted by molar-refractivity contribution is -0.122. The van der Waals surface area contributed by atoms with Crippen molar-refractivity contribution in [3.05, 3.63) is 82.9 Å². The summed E-state index contributed by atoms with van der Waals surface area (Å²) in [7, 11) is 1.50. The maximum atomic E-state index is 16.0. The highest BCUT2D eigenvalue weighted by atomic mass is 19.1. The van der Waals surface area contributed by atoms with Crippen molar-refractivity contribution in [3.63, 3.8) is 0 Å². The van der Waals surface area contributed by atoms with Gasteiger partial charge < -0.3 is 20.7 Å². The van der Waals surface area contributed by atoms with Crippen LogP contribution in [0.5, 0.6) is 5.75 Å². The molecule has 39 heavy (non-hydrogen) atoms. The van der Waals surface area contributed by atoms with Crippen LogP contribution in [0.3, 0.4) is 0 Å². The number of carbonyl (C=O) groups excluding carboxylic acids is 2. The van der Waals surface area contributed by atoms with E-state index in [4.69, 9.17) is 4.74 Å². The van der Waals surface area contributed by atoms with E-state index in [0.717, 1.165) is 11.1 Å². The fraction of sp³-hybridized carbons (Fsp3) is 0.387. The van der Waals surface area contributed by atoms with Crippen LogP contribution in [0.4, 0.5) is 15.8 Å². The van der Waals surface area contributed by atoms with Crippen molar-refractivity contribution in [1.82, 2.24) is 10.3 Å². The van der Waals surface area contributed by atoms with Crippen LogP contribution in [0, 0.1) is 25.1 Å². The molecule has 3 N–H and O–H groups in total. The van der Waals surface area contributed by atoms with Crippen molar-refractivity contribution in [2.24, 2.45) is 5.41 Å². The van der Waals surface area contributed by atoms with Crippen molar-refractivity contribution >= 4 is 23.2 Å². The SMILES string of the molecule is COc1cnccc1NC(=O)[C@@H]1NC(CC(C)(C)C)[C@@]2(C(=O)Nc3cc(C)ccc32)C1c1cccc(C)c1F. The first-order valence-electron chi connectivity index (χ1n) is 13.2. The average molecular weight is 531 g/mol. The summed E-state index contributed by atoms with van der Waals surface area (Å²) in [5.41, 5.74) is 2.33. The summed E-state index contributed by atoms with van der Waals surface area (Å²) in [6.07, 6.45) is 3.66. The Kier molecular flexibility index (Phi) is 6.71. The Morgan fingerprint density at radius 2 is 1.95 bits per heavy atom. The minimum atomic E-state index is -1.21. The molecule has 204 valence electrons. The predicted molar refractivity (Wildman–Crippen MR) is 150 cm³/mol. The van der Waals surface area contributed by atoms with Crippen LogP contribution < -0.4 is 20.7 Å². The summed E-state index contributed by atoms with van der Waals surface area (Å²) < 4.78 is 21.4. The summed E-state index contributed by atoms with van der Waals surface area (Å²) in [5.74, 6) is -1.43. The molecule has 2 aliphatic rings. The molecule has 7 nitrogen and oxygen atoms in total. The van der Waals surface area contributed by atoms with Gasteiger partial charge >= 0.3 is 0 Å². The molecule has 3 heterocycles. The highest BCUT2D eigenvalue weighted by Gasteiger charge is 2.66. The second-order valence-corrected chi connectivity index (χ2v) is 11.9. The van der Waals surface area contributed by atoms with E-state index in [1.165, 1.54) is 13.3 Å². The first kappa shape index (κ1) is 26.8. The number of halogens is 1. The predicted octanol–water partition coefficient (Wildman–Crippen LogP) is 5.24. The molecule has 5 rings (SSSR count). The zero-order chi connectivity index (χ0) is 28.1. The molecule has 8 heteroatoms. The van der Waals surface area contributed by atoms with E-state index >= 15 is 4.39 Å². The van der Waals surface area contributed by atoms with Gasteiger partial charge in [-0.1, -0.05) is 51.1 Å². The zero-order valence-corrected chi connectivity index (χ0v) is 23.2. The summed E-state index contributed by atoms with van der Waals surface area (Å²) in [6.45, 7) is 9.96. The first-order valence-corrected chi connectivity index (χ1v) is 13.2. The molecule has 3 aromatic rings. The van der Waals surface area contributed by atoms with E-state index in [2.05, 4.69) is 41.7 Å². The maximum Gasteiger partial charge on any atom is 0.242 e. The molecule has 0 bridgehead atoms. The monoisotopic (exact) mass is 530 g/mol. The third-order valence-corrected chi connectivity index (χ3v) is 7.92. The molecule has 2 unspecified atom stereocenters. The second-order valence-electron chi connectivity index (χ2n) is 11.9. The molecule has 2 aliphatic heterocycles. The van der Waals surface area contributed by atoms with Crippen molar-refractivity contribution in [3.8, 4) is 5.75 Å². The van der Waals surface area contributed by atoms with Gasteiger partial charge in [-0.25, -0.2) is 4.39 Å². The Morgan fingerprint density at radius 3 is 2.67 bits per heavy atom. The number of fused-ring (bicyclic) bond motifs is 2. The Balaban J connectivity index is 1.73. The van der Waals surface area contributed by atoms with E-state index in [9.17, 15) is 9.59 Å².